The van der Waals surface area contributed by atoms with Gasteiger partial charge in [0.25, 0.3) is 0 Å². The molecule has 0 radical (unpaired) electrons. The van der Waals surface area contributed by atoms with Gasteiger partial charge in [0.15, 0.2) is 5.78 Å². The van der Waals surface area contributed by atoms with Crippen LogP contribution in [0.25, 0.3) is 0 Å². The molecule has 0 atom stereocenters. The molecular weight excluding hydrogens is 232 g/mol. The smallest absolute Gasteiger partial charge is 0.305 e. The Morgan fingerprint density at radius 1 is 1.33 bits per heavy atom. The predicted octanol–water partition coefficient (Wildman–Crippen LogP) is 2.15. The van der Waals surface area contributed by atoms with Gasteiger partial charge in [0.05, 0.1) is 20.1 Å². The van der Waals surface area contributed by atoms with Crippen molar-refractivity contribution in [2.75, 3.05) is 13.7 Å². The Balaban J connectivity index is 2.04. The molecule has 0 saturated carbocycles. The molecule has 96 valence electrons. The summed E-state index contributed by atoms with van der Waals surface area (Å²) in [5.74, 6) is 0.476. The van der Waals surface area contributed by atoms with Gasteiger partial charge in [-0.15, -0.1) is 0 Å². The minimum atomic E-state index is -0.357. The molecular formula is C14H16O4. The average molecular weight is 248 g/mol. The monoisotopic (exact) mass is 248 g/mol. The summed E-state index contributed by atoms with van der Waals surface area (Å²) in [5.41, 5.74) is 1.72. The Bertz CT molecular complexity index is 465. The topological polar surface area (TPSA) is 52.6 Å². The molecule has 1 aromatic carbocycles. The van der Waals surface area contributed by atoms with Gasteiger partial charge in [0.2, 0.25) is 0 Å². The fourth-order valence-electron chi connectivity index (χ4n) is 2.00. The van der Waals surface area contributed by atoms with E-state index in [0.717, 1.165) is 30.8 Å². The first-order chi connectivity index (χ1) is 8.70. The summed E-state index contributed by atoms with van der Waals surface area (Å²) in [7, 11) is 1.32. The van der Waals surface area contributed by atoms with Crippen LogP contribution in [0.15, 0.2) is 18.2 Å². The zero-order chi connectivity index (χ0) is 13.0. The van der Waals surface area contributed by atoms with Crippen molar-refractivity contribution in [1.29, 1.82) is 0 Å². The molecule has 1 aliphatic rings. The molecule has 1 aromatic rings. The number of methoxy groups -OCH3 is 1. The van der Waals surface area contributed by atoms with Gasteiger partial charge in [0, 0.05) is 12.0 Å². The zero-order valence-electron chi connectivity index (χ0n) is 10.4. The molecule has 0 unspecified atom stereocenters. The summed E-state index contributed by atoms with van der Waals surface area (Å²) < 4.78 is 10.0. The predicted molar refractivity (Wildman–Crippen MR) is 65.8 cm³/mol. The number of aryl methyl sites for hydroxylation is 1. The maximum absolute atomic E-state index is 11.9. The van der Waals surface area contributed by atoms with Crippen molar-refractivity contribution in [2.45, 2.75) is 25.7 Å². The Morgan fingerprint density at radius 2 is 2.17 bits per heavy atom. The second-order valence-corrected chi connectivity index (χ2v) is 4.27. The summed E-state index contributed by atoms with van der Waals surface area (Å²) in [5, 5.41) is 0. The molecule has 1 heterocycles. The SMILES string of the molecule is COC(=O)CCC(=O)c1ccc2c(c1)CCCO2. The van der Waals surface area contributed by atoms with Crippen molar-refractivity contribution < 1.29 is 19.1 Å². The first-order valence-corrected chi connectivity index (χ1v) is 6.06. The molecule has 18 heavy (non-hydrogen) atoms. The number of ether oxygens (including phenoxy) is 2. The van der Waals surface area contributed by atoms with Crippen molar-refractivity contribution in [3.05, 3.63) is 29.3 Å². The molecule has 0 spiro atoms. The fourth-order valence-corrected chi connectivity index (χ4v) is 2.00. The first-order valence-electron chi connectivity index (χ1n) is 6.06. The van der Waals surface area contributed by atoms with E-state index in [1.807, 2.05) is 12.1 Å². The highest BCUT2D eigenvalue weighted by atomic mass is 16.5. The molecule has 0 amide bonds. The maximum Gasteiger partial charge on any atom is 0.305 e. The lowest BCUT2D eigenvalue weighted by Gasteiger charge is -2.17. The number of hydrogen-bond acceptors (Lipinski definition) is 4. The van der Waals surface area contributed by atoms with Crippen LogP contribution < -0.4 is 4.74 Å². The first kappa shape index (κ1) is 12.6. The largest absolute Gasteiger partial charge is 0.493 e. The van der Waals surface area contributed by atoms with Crippen LogP contribution in [-0.2, 0) is 16.0 Å². The third-order valence-corrected chi connectivity index (χ3v) is 3.01. The van der Waals surface area contributed by atoms with Crippen LogP contribution in [0.4, 0.5) is 0 Å². The lowest BCUT2D eigenvalue weighted by Crippen LogP contribution is -2.10. The third kappa shape index (κ3) is 2.88. The molecule has 0 saturated heterocycles. The summed E-state index contributed by atoms with van der Waals surface area (Å²) in [4.78, 5) is 22.9. The number of Topliss-reactive ketones (excluding diaryl/α,β-unsaturated/α-hetero) is 1. The highest BCUT2D eigenvalue weighted by molar-refractivity contribution is 5.97. The molecule has 0 fully saturated rings. The standard InChI is InChI=1S/C14H16O4/c1-17-14(16)7-5-12(15)10-4-6-13-11(9-10)3-2-8-18-13/h4,6,9H,2-3,5,7-8H2,1H3. The van der Waals surface area contributed by atoms with E-state index in [2.05, 4.69) is 4.74 Å². The quantitative estimate of drug-likeness (QED) is 0.605. The number of fused-ring (bicyclic) bond motifs is 1. The van der Waals surface area contributed by atoms with Crippen LogP contribution in [0, 0.1) is 0 Å². The minimum absolute atomic E-state index is 0.0335. The molecule has 2 rings (SSSR count). The number of esters is 1. The second-order valence-electron chi connectivity index (χ2n) is 4.27. The minimum Gasteiger partial charge on any atom is -0.493 e. The summed E-state index contributed by atoms with van der Waals surface area (Å²) in [6.45, 7) is 0.739. The van der Waals surface area contributed by atoms with Gasteiger partial charge in [-0.2, -0.15) is 0 Å². The van der Waals surface area contributed by atoms with Crippen molar-refractivity contribution in [1.82, 2.24) is 0 Å². The van der Waals surface area contributed by atoms with Gasteiger partial charge in [-0.1, -0.05) is 0 Å². The molecule has 4 nitrogen and oxygen atoms in total. The van der Waals surface area contributed by atoms with Gasteiger partial charge in [-0.3, -0.25) is 9.59 Å². The number of ketones is 1. The Hall–Kier alpha value is -1.84. The molecule has 0 N–H and O–H groups in total. The van der Waals surface area contributed by atoms with E-state index in [1.54, 1.807) is 6.07 Å². The molecule has 0 aromatic heterocycles. The Kier molecular flexibility index (Phi) is 3.97. The van der Waals surface area contributed by atoms with Crippen molar-refractivity contribution in [3.63, 3.8) is 0 Å². The van der Waals surface area contributed by atoms with Crippen LogP contribution in [0.1, 0.15) is 35.2 Å². The normalized spacial score (nSPS) is 13.4. The van der Waals surface area contributed by atoms with E-state index in [-0.39, 0.29) is 24.6 Å². The van der Waals surface area contributed by atoms with Crippen LogP contribution in [-0.4, -0.2) is 25.5 Å². The number of benzene rings is 1. The van der Waals surface area contributed by atoms with Gasteiger partial charge in [-0.05, 0) is 36.6 Å². The highest BCUT2D eigenvalue weighted by Crippen LogP contribution is 2.26. The van der Waals surface area contributed by atoms with Gasteiger partial charge in [-0.25, -0.2) is 0 Å². The lowest BCUT2D eigenvalue weighted by molar-refractivity contribution is -0.140. The highest BCUT2D eigenvalue weighted by Gasteiger charge is 2.14. The van der Waals surface area contributed by atoms with Crippen LogP contribution >= 0.6 is 0 Å². The van der Waals surface area contributed by atoms with Crippen LogP contribution in [0.5, 0.6) is 5.75 Å². The summed E-state index contributed by atoms with van der Waals surface area (Å²) in [6.07, 6.45) is 2.23. The Morgan fingerprint density at radius 3 is 2.94 bits per heavy atom. The van der Waals surface area contributed by atoms with E-state index < -0.39 is 0 Å². The fraction of sp³-hybridized carbons (Fsp3) is 0.429. The van der Waals surface area contributed by atoms with E-state index in [4.69, 9.17) is 4.74 Å². The van der Waals surface area contributed by atoms with Gasteiger partial charge < -0.3 is 9.47 Å². The molecule has 4 heteroatoms. The maximum atomic E-state index is 11.9. The Labute approximate surface area is 106 Å². The van der Waals surface area contributed by atoms with E-state index >= 15 is 0 Å². The second kappa shape index (κ2) is 5.67. The molecule has 0 bridgehead atoms. The number of rotatable bonds is 4. The van der Waals surface area contributed by atoms with E-state index in [9.17, 15) is 9.59 Å². The van der Waals surface area contributed by atoms with E-state index in [0.29, 0.717) is 5.56 Å². The number of carbonyl (C=O) groups is 2. The molecule has 1 aliphatic heterocycles. The number of carbonyl (C=O) groups excluding carboxylic acids is 2. The average Bonchev–Trinajstić information content (AvgIpc) is 2.43. The summed E-state index contributed by atoms with van der Waals surface area (Å²) in [6, 6.07) is 5.46. The van der Waals surface area contributed by atoms with Crippen LogP contribution in [0.2, 0.25) is 0 Å². The third-order valence-electron chi connectivity index (χ3n) is 3.01. The molecule has 0 aliphatic carbocycles. The lowest BCUT2D eigenvalue weighted by atomic mass is 9.99. The van der Waals surface area contributed by atoms with Crippen molar-refractivity contribution >= 4 is 11.8 Å². The van der Waals surface area contributed by atoms with E-state index in [1.165, 1.54) is 7.11 Å². The van der Waals surface area contributed by atoms with Gasteiger partial charge >= 0.3 is 5.97 Å². The van der Waals surface area contributed by atoms with Crippen molar-refractivity contribution in [2.24, 2.45) is 0 Å². The van der Waals surface area contributed by atoms with Gasteiger partial charge in [0.1, 0.15) is 5.75 Å². The van der Waals surface area contributed by atoms with Crippen LogP contribution in [0.3, 0.4) is 0 Å². The number of hydrogen-bond donors (Lipinski definition) is 0. The zero-order valence-corrected chi connectivity index (χ0v) is 10.4. The van der Waals surface area contributed by atoms with Crippen molar-refractivity contribution in [3.8, 4) is 5.75 Å². The summed E-state index contributed by atoms with van der Waals surface area (Å²) >= 11 is 0.